The lowest BCUT2D eigenvalue weighted by molar-refractivity contribution is -0.405. The first-order chi connectivity index (χ1) is 6.93. The topological polar surface area (TPSA) is 55.8 Å². The lowest BCUT2D eigenvalue weighted by atomic mass is 10.0. The van der Waals surface area contributed by atoms with Gasteiger partial charge in [0, 0.05) is 5.92 Å². The molecule has 0 unspecified atom stereocenters. The van der Waals surface area contributed by atoms with Crippen LogP contribution in [0.3, 0.4) is 0 Å². The molecule has 1 aliphatic carbocycles. The van der Waals surface area contributed by atoms with Crippen molar-refractivity contribution in [1.29, 1.82) is 0 Å². The second kappa shape index (κ2) is 4.70. The van der Waals surface area contributed by atoms with Gasteiger partial charge in [0.25, 0.3) is 0 Å². The van der Waals surface area contributed by atoms with E-state index in [2.05, 4.69) is 0 Å². The van der Waals surface area contributed by atoms with Crippen LogP contribution in [0.25, 0.3) is 0 Å². The molecule has 1 aliphatic rings. The van der Waals surface area contributed by atoms with Crippen LogP contribution in [0, 0.1) is 5.92 Å². The molecule has 1 N–H and O–H groups in total. The van der Waals surface area contributed by atoms with Crippen molar-refractivity contribution in [3.05, 3.63) is 24.3 Å². The van der Waals surface area contributed by atoms with Gasteiger partial charge in [0.1, 0.15) is 5.60 Å². The van der Waals surface area contributed by atoms with Crippen LogP contribution in [0.2, 0.25) is 0 Å². The van der Waals surface area contributed by atoms with Crippen LogP contribution < -0.4 is 0 Å². The first-order valence-electron chi connectivity index (χ1n) is 4.88. The molecule has 0 aromatic heterocycles. The Kier molecular flexibility index (Phi) is 3.79. The van der Waals surface area contributed by atoms with Gasteiger partial charge in [-0.1, -0.05) is 13.8 Å². The Morgan fingerprint density at radius 1 is 1.33 bits per heavy atom. The predicted molar refractivity (Wildman–Crippen MR) is 54.7 cm³/mol. The molecule has 1 atom stereocenters. The van der Waals surface area contributed by atoms with Gasteiger partial charge in [-0.2, -0.15) is 0 Å². The highest BCUT2D eigenvalue weighted by Crippen LogP contribution is 2.20. The maximum atomic E-state index is 10.9. The molecule has 0 amide bonds. The van der Waals surface area contributed by atoms with E-state index in [1.807, 2.05) is 13.8 Å². The van der Waals surface area contributed by atoms with Gasteiger partial charge in [-0.3, -0.25) is 4.79 Å². The first kappa shape index (κ1) is 12.1. The van der Waals surface area contributed by atoms with E-state index < -0.39 is 11.9 Å². The summed E-state index contributed by atoms with van der Waals surface area (Å²) < 4.78 is 0. The third-order valence-electron chi connectivity index (χ3n) is 2.05. The SMILES string of the molecule is CC(C)[C@H](O)OOC1(C)C=CC(=O)C=C1. The summed E-state index contributed by atoms with van der Waals surface area (Å²) in [4.78, 5) is 20.8. The van der Waals surface area contributed by atoms with E-state index in [0.717, 1.165) is 0 Å². The Bertz CT molecular complexity index is 275. The van der Waals surface area contributed by atoms with E-state index in [1.165, 1.54) is 12.2 Å². The number of hydrogen-bond donors (Lipinski definition) is 1. The van der Waals surface area contributed by atoms with E-state index in [1.54, 1.807) is 19.1 Å². The van der Waals surface area contributed by atoms with Gasteiger partial charge in [-0.15, -0.1) is 0 Å². The maximum absolute atomic E-state index is 10.9. The smallest absolute Gasteiger partial charge is 0.191 e. The minimum atomic E-state index is -0.971. The molecule has 0 aliphatic heterocycles. The van der Waals surface area contributed by atoms with Crippen molar-refractivity contribution >= 4 is 5.78 Å². The largest absolute Gasteiger partial charge is 0.365 e. The molecule has 4 heteroatoms. The number of allylic oxidation sites excluding steroid dienone is 2. The number of rotatable bonds is 4. The van der Waals surface area contributed by atoms with Gasteiger partial charge < -0.3 is 5.11 Å². The van der Waals surface area contributed by atoms with Crippen LogP contribution in [0.5, 0.6) is 0 Å². The second-order valence-corrected chi connectivity index (χ2v) is 4.07. The Morgan fingerprint density at radius 2 is 1.87 bits per heavy atom. The number of hydrogen-bond acceptors (Lipinski definition) is 4. The first-order valence-corrected chi connectivity index (χ1v) is 4.88. The molecule has 0 saturated carbocycles. The molecule has 0 aromatic rings. The van der Waals surface area contributed by atoms with E-state index in [4.69, 9.17) is 9.78 Å². The molecular weight excluding hydrogens is 196 g/mol. The Balaban J connectivity index is 2.48. The molecule has 1 rings (SSSR count). The highest BCUT2D eigenvalue weighted by Gasteiger charge is 2.25. The van der Waals surface area contributed by atoms with Crippen LogP contribution in [-0.2, 0) is 14.6 Å². The number of ketones is 1. The van der Waals surface area contributed by atoms with Crippen LogP contribution >= 0.6 is 0 Å². The quantitative estimate of drug-likeness (QED) is 0.434. The van der Waals surface area contributed by atoms with Gasteiger partial charge in [-0.25, -0.2) is 9.78 Å². The van der Waals surface area contributed by atoms with E-state index in [-0.39, 0.29) is 11.7 Å². The van der Waals surface area contributed by atoms with E-state index >= 15 is 0 Å². The summed E-state index contributed by atoms with van der Waals surface area (Å²) in [6.07, 6.45) is 5.02. The summed E-state index contributed by atoms with van der Waals surface area (Å²) in [7, 11) is 0. The van der Waals surface area contributed by atoms with Crippen molar-refractivity contribution in [1.82, 2.24) is 0 Å². The zero-order valence-electron chi connectivity index (χ0n) is 9.14. The fourth-order valence-electron chi connectivity index (χ4n) is 0.926. The van der Waals surface area contributed by atoms with Gasteiger partial charge >= 0.3 is 0 Å². The molecule has 4 nitrogen and oxygen atoms in total. The summed E-state index contributed by atoms with van der Waals surface area (Å²) in [6.45, 7) is 5.36. The van der Waals surface area contributed by atoms with Gasteiger partial charge in [0.2, 0.25) is 0 Å². The highest BCUT2D eigenvalue weighted by molar-refractivity contribution is 6.00. The molecular formula is C11H16O4. The maximum Gasteiger partial charge on any atom is 0.191 e. The van der Waals surface area contributed by atoms with Crippen molar-refractivity contribution in [2.45, 2.75) is 32.7 Å². The molecule has 0 spiro atoms. The predicted octanol–water partition coefficient (Wildman–Crippen LogP) is 1.36. The number of aliphatic hydroxyl groups is 1. The van der Waals surface area contributed by atoms with Gasteiger partial charge in [-0.05, 0) is 31.2 Å². The fourth-order valence-corrected chi connectivity index (χ4v) is 0.926. The van der Waals surface area contributed by atoms with Crippen molar-refractivity contribution in [3.63, 3.8) is 0 Å². The highest BCUT2D eigenvalue weighted by atomic mass is 17.2. The Labute approximate surface area is 89.1 Å². The summed E-state index contributed by atoms with van der Waals surface area (Å²) in [5.74, 6) is -0.132. The molecule has 0 heterocycles. The molecule has 0 aromatic carbocycles. The third kappa shape index (κ3) is 3.58. The molecule has 84 valence electrons. The van der Waals surface area contributed by atoms with Crippen LogP contribution in [0.15, 0.2) is 24.3 Å². The monoisotopic (exact) mass is 212 g/mol. The second-order valence-electron chi connectivity index (χ2n) is 4.07. The number of carbonyl (C=O) groups excluding carboxylic acids is 1. The molecule has 15 heavy (non-hydrogen) atoms. The van der Waals surface area contributed by atoms with Crippen LogP contribution in [-0.4, -0.2) is 22.8 Å². The Hall–Kier alpha value is -0.970. The molecule has 0 radical (unpaired) electrons. The average Bonchev–Trinajstić information content (AvgIpc) is 2.19. The molecule has 0 saturated heterocycles. The summed E-state index contributed by atoms with van der Waals surface area (Å²) in [5, 5.41) is 9.36. The zero-order valence-corrected chi connectivity index (χ0v) is 9.14. The van der Waals surface area contributed by atoms with E-state index in [0.29, 0.717) is 0 Å². The number of carbonyl (C=O) groups is 1. The minimum Gasteiger partial charge on any atom is -0.365 e. The molecule has 0 bridgehead atoms. The zero-order chi connectivity index (χ0) is 11.5. The van der Waals surface area contributed by atoms with Crippen molar-refractivity contribution in [3.8, 4) is 0 Å². The fraction of sp³-hybridized carbons (Fsp3) is 0.545. The van der Waals surface area contributed by atoms with Crippen molar-refractivity contribution < 1.29 is 19.7 Å². The third-order valence-corrected chi connectivity index (χ3v) is 2.05. The summed E-state index contributed by atoms with van der Waals surface area (Å²) in [5.41, 5.74) is -0.788. The van der Waals surface area contributed by atoms with Crippen LogP contribution in [0.4, 0.5) is 0 Å². The summed E-state index contributed by atoms with van der Waals surface area (Å²) >= 11 is 0. The minimum absolute atomic E-state index is 0.0493. The lowest BCUT2D eigenvalue weighted by Crippen LogP contribution is -2.30. The summed E-state index contributed by atoms with van der Waals surface area (Å²) in [6, 6.07) is 0. The van der Waals surface area contributed by atoms with E-state index in [9.17, 15) is 9.90 Å². The van der Waals surface area contributed by atoms with Gasteiger partial charge in [0.15, 0.2) is 12.1 Å². The van der Waals surface area contributed by atoms with Gasteiger partial charge in [0.05, 0.1) is 0 Å². The number of aliphatic hydroxyl groups excluding tert-OH is 1. The average molecular weight is 212 g/mol. The van der Waals surface area contributed by atoms with Crippen molar-refractivity contribution in [2.24, 2.45) is 5.92 Å². The lowest BCUT2D eigenvalue weighted by Gasteiger charge is -2.25. The normalized spacial score (nSPS) is 21.0. The molecule has 0 fully saturated rings. The van der Waals surface area contributed by atoms with Crippen LogP contribution in [0.1, 0.15) is 20.8 Å². The van der Waals surface area contributed by atoms with Crippen molar-refractivity contribution in [2.75, 3.05) is 0 Å². The standard InChI is InChI=1S/C11H16O4/c1-8(2)10(13)14-15-11(3)6-4-9(12)5-7-11/h4-8,10,13H,1-3H3/t10-/m1/s1. The Morgan fingerprint density at radius 3 is 2.33 bits per heavy atom.